The number of anilines is 1. The van der Waals surface area contributed by atoms with Crippen LogP contribution < -0.4 is 4.90 Å². The van der Waals surface area contributed by atoms with Crippen LogP contribution in [-0.4, -0.2) is 89.0 Å². The van der Waals surface area contributed by atoms with Gasteiger partial charge in [-0.2, -0.15) is 5.10 Å². The molecule has 0 radical (unpaired) electrons. The first-order chi connectivity index (χ1) is 18.3. The molecule has 0 spiro atoms. The van der Waals surface area contributed by atoms with Crippen molar-refractivity contribution in [2.45, 2.75) is 78.3 Å². The summed E-state index contributed by atoms with van der Waals surface area (Å²) in [5.74, 6) is 1.24. The second kappa shape index (κ2) is 13.4. The van der Waals surface area contributed by atoms with E-state index in [0.29, 0.717) is 18.4 Å². The smallest absolute Gasteiger partial charge is 0.225 e. The van der Waals surface area contributed by atoms with Gasteiger partial charge in [-0.1, -0.05) is 6.92 Å². The number of thiazole rings is 1. The summed E-state index contributed by atoms with van der Waals surface area (Å²) >= 11 is 1.74. The highest BCUT2D eigenvalue weighted by Crippen LogP contribution is 2.32. The fourth-order valence-corrected chi connectivity index (χ4v) is 6.66. The maximum absolute atomic E-state index is 13.3. The van der Waals surface area contributed by atoms with Gasteiger partial charge in [0.1, 0.15) is 0 Å². The molecule has 38 heavy (non-hydrogen) atoms. The molecule has 1 aliphatic carbocycles. The molecule has 1 aliphatic heterocycles. The molecule has 9 heteroatoms. The Morgan fingerprint density at radius 1 is 1.16 bits per heavy atom. The molecule has 1 saturated carbocycles. The Morgan fingerprint density at radius 3 is 2.55 bits per heavy atom. The van der Waals surface area contributed by atoms with E-state index in [0.717, 1.165) is 95.8 Å². The molecule has 2 fully saturated rings. The van der Waals surface area contributed by atoms with Gasteiger partial charge in [0.2, 0.25) is 5.91 Å². The van der Waals surface area contributed by atoms with Crippen LogP contribution in [0.1, 0.15) is 70.5 Å². The van der Waals surface area contributed by atoms with E-state index >= 15 is 0 Å². The summed E-state index contributed by atoms with van der Waals surface area (Å²) in [5.41, 5.74) is 2.36. The lowest BCUT2D eigenvalue weighted by Gasteiger charge is -2.41. The minimum absolute atomic E-state index is 0.139. The Morgan fingerprint density at radius 2 is 1.89 bits per heavy atom. The Bertz CT molecular complexity index is 999. The number of rotatable bonds is 11. The van der Waals surface area contributed by atoms with Crippen LogP contribution in [-0.2, 0) is 22.5 Å². The molecule has 0 unspecified atom stereocenters. The van der Waals surface area contributed by atoms with Gasteiger partial charge in [0, 0.05) is 69.4 Å². The van der Waals surface area contributed by atoms with Crippen LogP contribution in [0.4, 0.5) is 5.69 Å². The quantitative estimate of drug-likeness (QED) is 0.414. The maximum atomic E-state index is 13.3. The predicted octanol–water partition coefficient (Wildman–Crippen LogP) is 4.54. The third-order valence-corrected chi connectivity index (χ3v) is 9.11. The fraction of sp³-hybridized carbons (Fsp3) is 0.759. The van der Waals surface area contributed by atoms with Crippen molar-refractivity contribution >= 4 is 22.9 Å². The predicted molar refractivity (Wildman–Crippen MR) is 155 cm³/mol. The standard InChI is InChI=1S/C29H48N6O2S/c1-6-7-27-31-25(22-38-27)20-35-21-26(18-30-35)32-12-14-33(15-13-32)28(36)24-10-8-23(9-11-24)19-34(16-17-37-5)29(2,3)4/h18,21-24H,6-17,19-20H2,1-5H3. The van der Waals surface area contributed by atoms with Crippen LogP contribution in [0, 0.1) is 11.8 Å². The number of carbonyl (C=O) groups is 1. The van der Waals surface area contributed by atoms with E-state index in [1.807, 2.05) is 10.9 Å². The van der Waals surface area contributed by atoms with Gasteiger partial charge in [-0.05, 0) is 65.2 Å². The highest BCUT2D eigenvalue weighted by molar-refractivity contribution is 7.09. The molecule has 2 aromatic rings. The molecule has 0 N–H and O–H groups in total. The fourth-order valence-electron chi connectivity index (χ4n) is 5.77. The molecular formula is C29H48N6O2S. The molecule has 212 valence electrons. The number of piperazine rings is 1. The lowest BCUT2D eigenvalue weighted by Crippen LogP contribution is -2.51. The van der Waals surface area contributed by atoms with E-state index in [1.54, 1.807) is 18.4 Å². The van der Waals surface area contributed by atoms with Gasteiger partial charge < -0.3 is 14.5 Å². The first kappa shape index (κ1) is 29.0. The third-order valence-electron chi connectivity index (χ3n) is 8.15. The van der Waals surface area contributed by atoms with E-state index in [-0.39, 0.29) is 11.5 Å². The normalized spacial score (nSPS) is 20.9. The van der Waals surface area contributed by atoms with Crippen molar-refractivity contribution < 1.29 is 9.53 Å². The van der Waals surface area contributed by atoms with Gasteiger partial charge in [0.05, 0.1) is 35.7 Å². The maximum Gasteiger partial charge on any atom is 0.225 e. The third kappa shape index (κ3) is 7.79. The largest absolute Gasteiger partial charge is 0.383 e. The van der Waals surface area contributed by atoms with Crippen LogP contribution in [0.25, 0.3) is 0 Å². The van der Waals surface area contributed by atoms with Crippen molar-refractivity contribution in [3.63, 3.8) is 0 Å². The van der Waals surface area contributed by atoms with E-state index < -0.39 is 0 Å². The van der Waals surface area contributed by atoms with Gasteiger partial charge >= 0.3 is 0 Å². The number of hydrogen-bond donors (Lipinski definition) is 0. The molecule has 0 bridgehead atoms. The Balaban J connectivity index is 1.21. The van der Waals surface area contributed by atoms with Crippen LogP contribution in [0.2, 0.25) is 0 Å². The van der Waals surface area contributed by atoms with Crippen molar-refractivity contribution in [1.29, 1.82) is 0 Å². The molecule has 1 saturated heterocycles. The van der Waals surface area contributed by atoms with Crippen LogP contribution in [0.15, 0.2) is 17.8 Å². The number of aryl methyl sites for hydroxylation is 1. The van der Waals surface area contributed by atoms with E-state index in [9.17, 15) is 4.79 Å². The first-order valence-electron chi connectivity index (χ1n) is 14.5. The monoisotopic (exact) mass is 544 g/mol. The number of carbonyl (C=O) groups excluding carboxylic acids is 1. The minimum atomic E-state index is 0.139. The average Bonchev–Trinajstić information content (AvgIpc) is 3.56. The highest BCUT2D eigenvalue weighted by Gasteiger charge is 2.33. The Kier molecular flexibility index (Phi) is 10.2. The lowest BCUT2D eigenvalue weighted by atomic mass is 9.80. The molecular weight excluding hydrogens is 496 g/mol. The number of ether oxygens (including phenoxy) is 1. The second-order valence-electron chi connectivity index (χ2n) is 12.0. The molecule has 8 nitrogen and oxygen atoms in total. The first-order valence-corrected chi connectivity index (χ1v) is 15.4. The van der Waals surface area contributed by atoms with Gasteiger partial charge in [-0.3, -0.25) is 14.4 Å². The summed E-state index contributed by atoms with van der Waals surface area (Å²) in [5, 5.41) is 7.93. The van der Waals surface area contributed by atoms with Crippen LogP contribution >= 0.6 is 11.3 Å². The molecule has 1 amide bonds. The summed E-state index contributed by atoms with van der Waals surface area (Å²) in [4.78, 5) is 25.1. The molecule has 0 aromatic carbocycles. The van der Waals surface area contributed by atoms with Crippen molar-refractivity contribution in [1.82, 2.24) is 24.6 Å². The van der Waals surface area contributed by atoms with Gasteiger partial charge in [-0.15, -0.1) is 11.3 Å². The number of nitrogens with zero attached hydrogens (tertiary/aromatic N) is 6. The van der Waals surface area contributed by atoms with E-state index in [2.05, 4.69) is 59.1 Å². The zero-order chi connectivity index (χ0) is 27.1. The highest BCUT2D eigenvalue weighted by atomic mass is 32.1. The zero-order valence-electron chi connectivity index (χ0n) is 24.2. The molecule has 0 atom stereocenters. The molecule has 3 heterocycles. The summed E-state index contributed by atoms with van der Waals surface area (Å²) in [6, 6.07) is 0. The number of amides is 1. The molecule has 2 aliphatic rings. The zero-order valence-corrected chi connectivity index (χ0v) is 25.0. The van der Waals surface area contributed by atoms with E-state index in [1.165, 1.54) is 5.01 Å². The van der Waals surface area contributed by atoms with Crippen molar-refractivity contribution in [2.75, 3.05) is 57.9 Å². The van der Waals surface area contributed by atoms with Gasteiger partial charge in [-0.25, -0.2) is 4.98 Å². The topological polar surface area (TPSA) is 66.7 Å². The van der Waals surface area contributed by atoms with Crippen molar-refractivity contribution in [2.24, 2.45) is 11.8 Å². The van der Waals surface area contributed by atoms with Gasteiger partial charge in [0.15, 0.2) is 0 Å². The average molecular weight is 545 g/mol. The Labute approximate surface area is 233 Å². The van der Waals surface area contributed by atoms with Crippen molar-refractivity contribution in [3.05, 3.63) is 28.5 Å². The minimum Gasteiger partial charge on any atom is -0.383 e. The summed E-state index contributed by atoms with van der Waals surface area (Å²) in [7, 11) is 1.77. The number of aromatic nitrogens is 3. The SMILES string of the molecule is CCCc1nc(Cn2cc(N3CCN(C(=O)C4CCC(CN(CCOC)C(C)(C)C)CC4)CC3)cn2)cs1. The van der Waals surface area contributed by atoms with Crippen molar-refractivity contribution in [3.8, 4) is 0 Å². The number of hydrogen-bond acceptors (Lipinski definition) is 7. The van der Waals surface area contributed by atoms with Gasteiger partial charge in [0.25, 0.3) is 0 Å². The lowest BCUT2D eigenvalue weighted by molar-refractivity contribution is -0.137. The van der Waals surface area contributed by atoms with Crippen LogP contribution in [0.5, 0.6) is 0 Å². The molecule has 2 aromatic heterocycles. The molecule has 4 rings (SSSR count). The number of methoxy groups -OCH3 is 1. The summed E-state index contributed by atoms with van der Waals surface area (Å²) in [6.07, 6.45) is 10.6. The summed E-state index contributed by atoms with van der Waals surface area (Å²) < 4.78 is 7.32. The van der Waals surface area contributed by atoms with Crippen LogP contribution in [0.3, 0.4) is 0 Å². The second-order valence-corrected chi connectivity index (χ2v) is 13.0. The summed E-state index contributed by atoms with van der Waals surface area (Å²) in [6.45, 7) is 15.9. The Hall–Kier alpha value is -1.97. The van der Waals surface area contributed by atoms with E-state index in [4.69, 9.17) is 9.72 Å².